The molecule has 3 nitrogen and oxygen atoms in total. The largest absolute Gasteiger partial charge is 0.488 e. The third-order valence-electron chi connectivity index (χ3n) is 3.54. The van der Waals surface area contributed by atoms with Gasteiger partial charge in [0, 0.05) is 25.4 Å². The van der Waals surface area contributed by atoms with Gasteiger partial charge >= 0.3 is 0 Å². The molecule has 0 aromatic heterocycles. The molecule has 1 heterocycles. The Bertz CT molecular complexity index is 475. The summed E-state index contributed by atoms with van der Waals surface area (Å²) in [5, 5.41) is 0. The van der Waals surface area contributed by atoms with Gasteiger partial charge in [-0.25, -0.2) is 0 Å². The van der Waals surface area contributed by atoms with Crippen LogP contribution < -0.4 is 10.5 Å². The van der Waals surface area contributed by atoms with Crippen LogP contribution in [0.4, 0.5) is 0 Å². The summed E-state index contributed by atoms with van der Waals surface area (Å²) in [5.41, 5.74) is 8.26. The van der Waals surface area contributed by atoms with Crippen molar-refractivity contribution >= 4 is 17.2 Å². The minimum absolute atomic E-state index is 0.236. The molecule has 1 aromatic rings. The van der Waals surface area contributed by atoms with E-state index in [-0.39, 0.29) is 12.0 Å². The topological polar surface area (TPSA) is 38.5 Å². The summed E-state index contributed by atoms with van der Waals surface area (Å²) >= 11 is 5.01. The van der Waals surface area contributed by atoms with E-state index in [0.717, 1.165) is 25.3 Å². The van der Waals surface area contributed by atoms with Gasteiger partial charge in [-0.1, -0.05) is 36.8 Å². The third kappa shape index (κ3) is 3.67. The van der Waals surface area contributed by atoms with E-state index in [1.54, 1.807) is 0 Å². The van der Waals surface area contributed by atoms with Crippen molar-refractivity contribution in [3.8, 4) is 5.75 Å². The first-order chi connectivity index (χ1) is 8.95. The van der Waals surface area contributed by atoms with Crippen molar-refractivity contribution in [3.63, 3.8) is 0 Å². The molecule has 0 aliphatic carbocycles. The lowest BCUT2D eigenvalue weighted by molar-refractivity contribution is 0.164. The van der Waals surface area contributed by atoms with Crippen LogP contribution >= 0.6 is 12.2 Å². The quantitative estimate of drug-likeness (QED) is 0.838. The van der Waals surface area contributed by atoms with E-state index in [1.165, 1.54) is 11.1 Å². The Morgan fingerprint density at radius 3 is 3.00 bits per heavy atom. The van der Waals surface area contributed by atoms with Crippen LogP contribution in [0.1, 0.15) is 18.1 Å². The molecule has 0 saturated carbocycles. The number of hydrogen-bond donors (Lipinski definition) is 1. The molecule has 2 N–H and O–H groups in total. The van der Waals surface area contributed by atoms with Crippen LogP contribution in [0.25, 0.3) is 0 Å². The van der Waals surface area contributed by atoms with Crippen molar-refractivity contribution < 1.29 is 4.74 Å². The van der Waals surface area contributed by atoms with Crippen LogP contribution in [0, 0.1) is 12.8 Å². The van der Waals surface area contributed by atoms with E-state index in [0.29, 0.717) is 4.99 Å². The lowest BCUT2D eigenvalue weighted by Crippen LogP contribution is -2.37. The van der Waals surface area contributed by atoms with E-state index in [1.807, 2.05) is 0 Å². The van der Waals surface area contributed by atoms with E-state index >= 15 is 0 Å². The molecule has 2 rings (SSSR count). The summed E-state index contributed by atoms with van der Waals surface area (Å²) in [5.74, 6) is 1.28. The Balaban J connectivity index is 1.88. The van der Waals surface area contributed by atoms with E-state index in [9.17, 15) is 0 Å². The van der Waals surface area contributed by atoms with Crippen molar-refractivity contribution in [1.82, 2.24) is 4.90 Å². The third-order valence-corrected chi connectivity index (χ3v) is 3.95. The summed E-state index contributed by atoms with van der Waals surface area (Å²) < 4.78 is 5.97. The average molecular weight is 278 g/mol. The van der Waals surface area contributed by atoms with Gasteiger partial charge in [0.25, 0.3) is 0 Å². The maximum absolute atomic E-state index is 5.97. The van der Waals surface area contributed by atoms with Crippen LogP contribution in [0.3, 0.4) is 0 Å². The van der Waals surface area contributed by atoms with Gasteiger partial charge < -0.3 is 15.4 Å². The van der Waals surface area contributed by atoms with Crippen molar-refractivity contribution in [1.29, 1.82) is 0 Å². The van der Waals surface area contributed by atoms with Crippen molar-refractivity contribution in [2.75, 3.05) is 20.1 Å². The van der Waals surface area contributed by atoms with E-state index in [4.69, 9.17) is 22.7 Å². The minimum Gasteiger partial charge on any atom is -0.488 e. The molecule has 4 heteroatoms. The molecule has 19 heavy (non-hydrogen) atoms. The van der Waals surface area contributed by atoms with Gasteiger partial charge in [0.15, 0.2) is 0 Å². The predicted octanol–water partition coefficient (Wildman–Crippen LogP) is 2.15. The minimum atomic E-state index is 0.236. The highest BCUT2D eigenvalue weighted by Gasteiger charge is 2.24. The van der Waals surface area contributed by atoms with Crippen molar-refractivity contribution in [3.05, 3.63) is 29.3 Å². The van der Waals surface area contributed by atoms with Crippen molar-refractivity contribution in [2.24, 2.45) is 11.7 Å². The molecular weight excluding hydrogens is 256 g/mol. The Morgan fingerprint density at radius 1 is 1.58 bits per heavy atom. The number of likely N-dealkylation sites (N-methyl/N-ethyl adjacent to an activating group) is 1. The van der Waals surface area contributed by atoms with Crippen LogP contribution in [-0.2, 0) is 6.42 Å². The fourth-order valence-electron chi connectivity index (χ4n) is 2.53. The van der Waals surface area contributed by atoms with Crippen LogP contribution in [0.5, 0.6) is 5.75 Å². The van der Waals surface area contributed by atoms with Gasteiger partial charge in [-0.2, -0.15) is 0 Å². The molecule has 0 spiro atoms. The average Bonchev–Trinajstić information content (AvgIpc) is 2.69. The van der Waals surface area contributed by atoms with E-state index in [2.05, 4.69) is 44.0 Å². The molecule has 0 saturated heterocycles. The molecule has 2 atom stereocenters. The first-order valence-corrected chi connectivity index (χ1v) is 7.10. The molecule has 104 valence electrons. The molecule has 0 fully saturated rings. The fourth-order valence-corrected chi connectivity index (χ4v) is 2.61. The number of nitrogens with zero attached hydrogens (tertiary/aromatic N) is 1. The van der Waals surface area contributed by atoms with E-state index < -0.39 is 0 Å². The molecule has 1 aliphatic heterocycles. The molecule has 1 aromatic carbocycles. The van der Waals surface area contributed by atoms with Crippen molar-refractivity contribution in [2.45, 2.75) is 26.4 Å². The Morgan fingerprint density at radius 2 is 2.32 bits per heavy atom. The highest BCUT2D eigenvalue weighted by molar-refractivity contribution is 7.80. The van der Waals surface area contributed by atoms with Gasteiger partial charge in [-0.3, -0.25) is 0 Å². The van der Waals surface area contributed by atoms with Gasteiger partial charge in [-0.05, 0) is 25.6 Å². The Labute approximate surface area is 120 Å². The zero-order valence-corrected chi connectivity index (χ0v) is 12.7. The Kier molecular flexibility index (Phi) is 4.42. The van der Waals surface area contributed by atoms with Gasteiger partial charge in [-0.15, -0.1) is 0 Å². The monoisotopic (exact) mass is 278 g/mol. The Hall–Kier alpha value is -1.13. The molecule has 0 amide bonds. The summed E-state index contributed by atoms with van der Waals surface area (Å²) in [6.07, 6.45) is 1.23. The second-order valence-corrected chi connectivity index (χ2v) is 6.05. The van der Waals surface area contributed by atoms with Gasteiger partial charge in [0.2, 0.25) is 0 Å². The maximum Gasteiger partial charge on any atom is 0.123 e. The number of fused-ring (bicyclic) bond motifs is 1. The fraction of sp³-hybridized carbons (Fsp3) is 0.533. The summed E-state index contributed by atoms with van der Waals surface area (Å²) in [4.78, 5) is 2.82. The lowest BCUT2D eigenvalue weighted by Gasteiger charge is -2.23. The molecule has 1 aliphatic rings. The zero-order valence-electron chi connectivity index (χ0n) is 11.8. The smallest absolute Gasteiger partial charge is 0.123 e. The first kappa shape index (κ1) is 14.3. The molecule has 0 bridgehead atoms. The summed E-state index contributed by atoms with van der Waals surface area (Å²) in [7, 11) is 2.09. The highest BCUT2D eigenvalue weighted by atomic mass is 32.1. The van der Waals surface area contributed by atoms with Gasteiger partial charge in [0.1, 0.15) is 11.9 Å². The predicted molar refractivity (Wildman–Crippen MR) is 82.7 cm³/mol. The number of rotatable bonds is 5. The lowest BCUT2D eigenvalue weighted by atomic mass is 10.1. The molecule has 2 unspecified atom stereocenters. The number of thiocarbonyl (C=S) groups is 1. The summed E-state index contributed by atoms with van der Waals surface area (Å²) in [6.45, 7) is 5.96. The number of hydrogen-bond acceptors (Lipinski definition) is 3. The number of nitrogens with two attached hydrogens (primary N) is 1. The standard InChI is InChI=1S/C15H22N2OS/c1-10-4-5-14-12(6-10)7-13(18-14)9-17(3)8-11(2)15(16)19/h4-6,11,13H,7-9H2,1-3H3,(H2,16,19). The number of ether oxygens (including phenoxy) is 1. The normalized spacial score (nSPS) is 19.1. The number of aryl methyl sites for hydroxylation is 1. The van der Waals surface area contributed by atoms with Crippen LogP contribution in [0.2, 0.25) is 0 Å². The number of benzene rings is 1. The van der Waals surface area contributed by atoms with Crippen LogP contribution in [0.15, 0.2) is 18.2 Å². The van der Waals surface area contributed by atoms with Gasteiger partial charge in [0.05, 0.1) is 4.99 Å². The molecule has 0 radical (unpaired) electrons. The molecular formula is C15H22N2OS. The SMILES string of the molecule is Cc1ccc2c(c1)CC(CN(C)CC(C)C(N)=S)O2. The maximum atomic E-state index is 5.97. The van der Waals surface area contributed by atoms with Crippen LogP contribution in [-0.4, -0.2) is 36.1 Å². The first-order valence-electron chi connectivity index (χ1n) is 6.69. The highest BCUT2D eigenvalue weighted by Crippen LogP contribution is 2.29. The second-order valence-electron chi connectivity index (χ2n) is 5.58. The summed E-state index contributed by atoms with van der Waals surface area (Å²) in [6, 6.07) is 6.38. The zero-order chi connectivity index (χ0) is 14.0. The second kappa shape index (κ2) is 5.88.